The highest BCUT2D eigenvalue weighted by molar-refractivity contribution is 7.88. The Balaban J connectivity index is 1.87. The van der Waals surface area contributed by atoms with Crippen LogP contribution in [0.4, 0.5) is 0 Å². The number of benzene rings is 2. The van der Waals surface area contributed by atoms with Crippen molar-refractivity contribution in [1.29, 1.82) is 0 Å². The smallest absolute Gasteiger partial charge is 0.337 e. The number of hydrogen-bond acceptors (Lipinski definition) is 6. The highest BCUT2D eigenvalue weighted by Gasteiger charge is 2.16. The second-order valence-electron chi connectivity index (χ2n) is 5.95. The van der Waals surface area contributed by atoms with Crippen molar-refractivity contribution < 1.29 is 27.4 Å². The maximum atomic E-state index is 12.3. The third kappa shape index (κ3) is 6.58. The molecule has 8 heteroatoms. The highest BCUT2D eigenvalue weighted by atomic mass is 32.2. The second kappa shape index (κ2) is 9.38. The molecule has 2 rings (SSSR count). The molecule has 0 aliphatic rings. The van der Waals surface area contributed by atoms with Crippen LogP contribution in [0.25, 0.3) is 0 Å². The van der Waals surface area contributed by atoms with E-state index in [-0.39, 0.29) is 12.4 Å². The molecule has 1 atom stereocenters. The van der Waals surface area contributed by atoms with Gasteiger partial charge in [0.05, 0.1) is 31.6 Å². The molecule has 146 valence electrons. The van der Waals surface area contributed by atoms with Crippen LogP contribution in [0.3, 0.4) is 0 Å². The van der Waals surface area contributed by atoms with Crippen molar-refractivity contribution in [3.8, 4) is 11.5 Å². The predicted molar refractivity (Wildman–Crippen MR) is 101 cm³/mol. The fraction of sp³-hybridized carbons (Fsp3) is 0.316. The van der Waals surface area contributed by atoms with Crippen molar-refractivity contribution in [3.63, 3.8) is 0 Å². The summed E-state index contributed by atoms with van der Waals surface area (Å²) >= 11 is 0. The van der Waals surface area contributed by atoms with Gasteiger partial charge in [-0.1, -0.05) is 12.1 Å². The molecule has 7 nitrogen and oxygen atoms in total. The van der Waals surface area contributed by atoms with Crippen molar-refractivity contribution in [3.05, 3.63) is 59.7 Å². The SMILES string of the molecule is COC(=O)c1ccc(CS(=O)(=O)N[C@H](C)COc2ccc(OC)cc2)cc1. The van der Waals surface area contributed by atoms with Crippen LogP contribution in [0.2, 0.25) is 0 Å². The molecule has 2 aromatic rings. The van der Waals surface area contributed by atoms with Gasteiger partial charge in [-0.05, 0) is 48.9 Å². The van der Waals surface area contributed by atoms with Crippen LogP contribution in [-0.4, -0.2) is 41.3 Å². The quantitative estimate of drug-likeness (QED) is 0.658. The number of nitrogens with one attached hydrogen (secondary N) is 1. The van der Waals surface area contributed by atoms with Crippen molar-refractivity contribution in [2.45, 2.75) is 18.7 Å². The first kappa shape index (κ1) is 20.7. The average molecular weight is 393 g/mol. The Bertz CT molecular complexity index is 847. The van der Waals surface area contributed by atoms with Gasteiger partial charge in [-0.15, -0.1) is 0 Å². The Hall–Kier alpha value is -2.58. The number of carbonyl (C=O) groups excluding carboxylic acids is 1. The fourth-order valence-corrected chi connectivity index (χ4v) is 3.75. The first-order chi connectivity index (χ1) is 12.8. The molecule has 0 saturated heterocycles. The summed E-state index contributed by atoms with van der Waals surface area (Å²) in [7, 11) is -0.683. The molecule has 0 radical (unpaired) electrons. The van der Waals surface area contributed by atoms with E-state index in [9.17, 15) is 13.2 Å². The Labute approximate surface area is 159 Å². The van der Waals surface area contributed by atoms with E-state index in [0.29, 0.717) is 22.6 Å². The number of rotatable bonds is 9. The number of carbonyl (C=O) groups is 1. The zero-order chi connectivity index (χ0) is 19.9. The van der Waals surface area contributed by atoms with Crippen molar-refractivity contribution in [1.82, 2.24) is 4.72 Å². The maximum absolute atomic E-state index is 12.3. The van der Waals surface area contributed by atoms with Crippen LogP contribution < -0.4 is 14.2 Å². The molecule has 0 heterocycles. The molecule has 0 bridgehead atoms. The van der Waals surface area contributed by atoms with Gasteiger partial charge >= 0.3 is 5.97 Å². The lowest BCUT2D eigenvalue weighted by molar-refractivity contribution is 0.0600. The van der Waals surface area contributed by atoms with Crippen LogP contribution in [0, 0.1) is 0 Å². The Kier molecular flexibility index (Phi) is 7.20. The molecule has 27 heavy (non-hydrogen) atoms. The Morgan fingerprint density at radius 2 is 1.59 bits per heavy atom. The van der Waals surface area contributed by atoms with E-state index in [1.54, 1.807) is 50.4 Å². The minimum absolute atomic E-state index is 0.187. The minimum Gasteiger partial charge on any atom is -0.497 e. The first-order valence-electron chi connectivity index (χ1n) is 8.27. The third-order valence-corrected chi connectivity index (χ3v) is 5.15. The van der Waals surface area contributed by atoms with Gasteiger partial charge in [0.25, 0.3) is 0 Å². The number of esters is 1. The maximum Gasteiger partial charge on any atom is 0.337 e. The number of sulfonamides is 1. The lowest BCUT2D eigenvalue weighted by atomic mass is 10.1. The van der Waals surface area contributed by atoms with Gasteiger partial charge in [-0.3, -0.25) is 0 Å². The van der Waals surface area contributed by atoms with Gasteiger partial charge in [0.15, 0.2) is 0 Å². The van der Waals surface area contributed by atoms with Gasteiger partial charge in [0.1, 0.15) is 18.1 Å². The fourth-order valence-electron chi connectivity index (χ4n) is 2.35. The van der Waals surface area contributed by atoms with Crippen LogP contribution in [0.15, 0.2) is 48.5 Å². The molecule has 0 amide bonds. The van der Waals surface area contributed by atoms with Crippen molar-refractivity contribution in [2.75, 3.05) is 20.8 Å². The zero-order valence-electron chi connectivity index (χ0n) is 15.5. The van der Waals surface area contributed by atoms with Gasteiger partial charge < -0.3 is 14.2 Å². The van der Waals surface area contributed by atoms with Crippen molar-refractivity contribution in [2.24, 2.45) is 0 Å². The summed E-state index contributed by atoms with van der Waals surface area (Å²) in [4.78, 5) is 11.4. The van der Waals surface area contributed by atoms with Crippen molar-refractivity contribution >= 4 is 16.0 Å². The van der Waals surface area contributed by atoms with E-state index in [2.05, 4.69) is 9.46 Å². The largest absolute Gasteiger partial charge is 0.497 e. The van der Waals surface area contributed by atoms with E-state index in [0.717, 1.165) is 0 Å². The number of hydrogen-bond donors (Lipinski definition) is 1. The van der Waals surface area contributed by atoms with Crippen LogP contribution in [0.1, 0.15) is 22.8 Å². The summed E-state index contributed by atoms with van der Waals surface area (Å²) in [6.07, 6.45) is 0. The molecule has 0 aliphatic carbocycles. The summed E-state index contributed by atoms with van der Waals surface area (Å²) in [5.41, 5.74) is 0.936. The summed E-state index contributed by atoms with van der Waals surface area (Å²) < 4.78 is 42.5. The summed E-state index contributed by atoms with van der Waals surface area (Å²) in [6, 6.07) is 12.9. The Morgan fingerprint density at radius 1 is 1.00 bits per heavy atom. The lowest BCUT2D eigenvalue weighted by Crippen LogP contribution is -2.37. The summed E-state index contributed by atoms with van der Waals surface area (Å²) in [5, 5.41) is 0. The molecule has 2 aromatic carbocycles. The molecule has 0 unspecified atom stereocenters. The molecule has 0 spiro atoms. The molecule has 0 saturated carbocycles. The standard InChI is InChI=1S/C19H23NO6S/c1-14(12-26-18-10-8-17(24-2)9-11-18)20-27(22,23)13-15-4-6-16(7-5-15)19(21)25-3/h4-11,14,20H,12-13H2,1-3H3/t14-/m1/s1. The van der Waals surface area contributed by atoms with Gasteiger partial charge in [0, 0.05) is 0 Å². The molecule has 0 fully saturated rings. The molecule has 0 aromatic heterocycles. The third-order valence-electron chi connectivity index (χ3n) is 3.67. The van der Waals surface area contributed by atoms with Crippen LogP contribution in [-0.2, 0) is 20.5 Å². The average Bonchev–Trinajstić information content (AvgIpc) is 2.66. The minimum atomic E-state index is -3.55. The topological polar surface area (TPSA) is 90.9 Å². The highest BCUT2D eigenvalue weighted by Crippen LogP contribution is 2.17. The van der Waals surface area contributed by atoms with E-state index >= 15 is 0 Å². The molecule has 1 N–H and O–H groups in total. The number of ether oxygens (including phenoxy) is 3. The van der Waals surface area contributed by atoms with Gasteiger partial charge in [-0.25, -0.2) is 17.9 Å². The normalized spacial score (nSPS) is 12.3. The van der Waals surface area contributed by atoms with E-state index in [1.165, 1.54) is 19.2 Å². The lowest BCUT2D eigenvalue weighted by Gasteiger charge is -2.15. The van der Waals surface area contributed by atoms with Crippen LogP contribution in [0.5, 0.6) is 11.5 Å². The number of methoxy groups -OCH3 is 2. The first-order valence-corrected chi connectivity index (χ1v) is 9.92. The van der Waals surface area contributed by atoms with Crippen LogP contribution >= 0.6 is 0 Å². The van der Waals surface area contributed by atoms with Gasteiger partial charge in [-0.2, -0.15) is 0 Å². The summed E-state index contributed by atoms with van der Waals surface area (Å²) in [5.74, 6) is 0.683. The van der Waals surface area contributed by atoms with E-state index in [4.69, 9.17) is 9.47 Å². The second-order valence-corrected chi connectivity index (χ2v) is 7.71. The van der Waals surface area contributed by atoms with Gasteiger partial charge in [0.2, 0.25) is 10.0 Å². The molecular weight excluding hydrogens is 370 g/mol. The van der Waals surface area contributed by atoms with E-state index < -0.39 is 22.0 Å². The molecular formula is C19H23NO6S. The Morgan fingerprint density at radius 3 is 2.15 bits per heavy atom. The molecule has 0 aliphatic heterocycles. The summed E-state index contributed by atoms with van der Waals surface area (Å²) in [6.45, 7) is 1.91. The van der Waals surface area contributed by atoms with E-state index in [1.807, 2.05) is 0 Å². The zero-order valence-corrected chi connectivity index (χ0v) is 16.3. The predicted octanol–water partition coefficient (Wildman–Crippen LogP) is 2.37. The monoisotopic (exact) mass is 393 g/mol.